The molecule has 0 atom stereocenters. The molecule has 3 nitrogen and oxygen atoms in total. The molecule has 0 saturated carbocycles. The van der Waals surface area contributed by atoms with Crippen LogP contribution in [0, 0.1) is 11.6 Å². The van der Waals surface area contributed by atoms with Crippen LogP contribution in [0.1, 0.15) is 21.6 Å². The molecule has 0 aliphatic carbocycles. The Morgan fingerprint density at radius 1 is 1.13 bits per heavy atom. The highest BCUT2D eigenvalue weighted by molar-refractivity contribution is 5.93. The Hall–Kier alpha value is -2.51. The Morgan fingerprint density at radius 2 is 1.87 bits per heavy atom. The van der Waals surface area contributed by atoms with Gasteiger partial charge in [0, 0.05) is 12.7 Å². The van der Waals surface area contributed by atoms with Crippen molar-refractivity contribution < 1.29 is 26.7 Å². The number of aromatic nitrogens is 1. The number of amides is 1. The van der Waals surface area contributed by atoms with Crippen molar-refractivity contribution in [3.8, 4) is 0 Å². The summed E-state index contributed by atoms with van der Waals surface area (Å²) in [4.78, 5) is 15.2. The number of carbonyl (C=O) groups is 1. The first-order chi connectivity index (χ1) is 10.8. The lowest BCUT2D eigenvalue weighted by atomic mass is 10.1. The third-order valence-electron chi connectivity index (χ3n) is 3.04. The molecule has 0 radical (unpaired) electrons. The molecular formula is C15H11F5N2O. The van der Waals surface area contributed by atoms with E-state index >= 15 is 0 Å². The summed E-state index contributed by atoms with van der Waals surface area (Å²) in [7, 11) is 0. The number of nitrogens with zero attached hydrogens (tertiary/aromatic N) is 1. The van der Waals surface area contributed by atoms with E-state index in [4.69, 9.17) is 0 Å². The summed E-state index contributed by atoms with van der Waals surface area (Å²) in [5, 5.41) is 2.22. The average molecular weight is 330 g/mol. The first kappa shape index (κ1) is 16.9. The van der Waals surface area contributed by atoms with E-state index in [0.717, 1.165) is 24.4 Å². The van der Waals surface area contributed by atoms with Crippen molar-refractivity contribution in [3.63, 3.8) is 0 Å². The summed E-state index contributed by atoms with van der Waals surface area (Å²) in [5.74, 6) is -3.11. The zero-order chi connectivity index (χ0) is 17.0. The topological polar surface area (TPSA) is 42.0 Å². The number of halogens is 5. The molecule has 8 heteroatoms. The molecule has 0 aliphatic heterocycles. The van der Waals surface area contributed by atoms with Crippen LogP contribution in [0.5, 0.6) is 0 Å². The molecule has 0 fully saturated rings. The largest absolute Gasteiger partial charge is 0.418 e. The average Bonchev–Trinajstić information content (AvgIpc) is 2.50. The van der Waals surface area contributed by atoms with Gasteiger partial charge in [0.15, 0.2) is 11.6 Å². The van der Waals surface area contributed by atoms with Crippen LogP contribution in [-0.4, -0.2) is 17.4 Å². The van der Waals surface area contributed by atoms with Crippen LogP contribution in [0.3, 0.4) is 0 Å². The van der Waals surface area contributed by atoms with Gasteiger partial charge in [0.1, 0.15) is 5.69 Å². The fourth-order valence-electron chi connectivity index (χ4n) is 1.95. The third-order valence-corrected chi connectivity index (χ3v) is 3.04. The van der Waals surface area contributed by atoms with E-state index in [-0.39, 0.29) is 18.5 Å². The highest BCUT2D eigenvalue weighted by Crippen LogP contribution is 2.30. The normalized spacial score (nSPS) is 11.3. The van der Waals surface area contributed by atoms with Crippen LogP contribution >= 0.6 is 0 Å². The molecule has 1 aromatic carbocycles. The van der Waals surface area contributed by atoms with Gasteiger partial charge in [-0.25, -0.2) is 8.78 Å². The van der Waals surface area contributed by atoms with Crippen molar-refractivity contribution in [2.45, 2.75) is 12.6 Å². The number of alkyl halides is 3. The second-order valence-electron chi connectivity index (χ2n) is 4.62. The number of hydrogen-bond donors (Lipinski definition) is 1. The molecule has 0 aliphatic rings. The van der Waals surface area contributed by atoms with Gasteiger partial charge < -0.3 is 5.32 Å². The van der Waals surface area contributed by atoms with Crippen LogP contribution in [0.25, 0.3) is 0 Å². The lowest BCUT2D eigenvalue weighted by Crippen LogP contribution is -2.29. The zero-order valence-corrected chi connectivity index (χ0v) is 11.6. The first-order valence-corrected chi connectivity index (χ1v) is 6.54. The zero-order valence-electron chi connectivity index (χ0n) is 11.6. The summed E-state index contributed by atoms with van der Waals surface area (Å²) < 4.78 is 64.8. The maximum Gasteiger partial charge on any atom is 0.418 e. The SMILES string of the molecule is O=C(NCCc1cccc(F)c1F)c1ncccc1C(F)(F)F. The lowest BCUT2D eigenvalue weighted by Gasteiger charge is -2.11. The van der Waals surface area contributed by atoms with Crippen molar-refractivity contribution in [2.75, 3.05) is 6.54 Å². The monoisotopic (exact) mass is 330 g/mol. The standard InChI is InChI=1S/C15H11F5N2O/c16-11-5-1-3-9(12(11)17)6-8-22-14(23)13-10(15(18,19)20)4-2-7-21-13/h1-5,7H,6,8H2,(H,22,23). The first-order valence-electron chi connectivity index (χ1n) is 6.54. The Kier molecular flexibility index (Phi) is 4.92. The minimum atomic E-state index is -4.71. The molecule has 1 aromatic heterocycles. The second kappa shape index (κ2) is 6.72. The fraction of sp³-hybridized carbons (Fsp3) is 0.200. The van der Waals surface area contributed by atoms with Crippen molar-refractivity contribution in [3.05, 3.63) is 65.0 Å². The highest BCUT2D eigenvalue weighted by atomic mass is 19.4. The van der Waals surface area contributed by atoms with E-state index in [1.807, 2.05) is 0 Å². The fourth-order valence-corrected chi connectivity index (χ4v) is 1.95. The molecule has 0 saturated heterocycles. The second-order valence-corrected chi connectivity index (χ2v) is 4.62. The molecule has 23 heavy (non-hydrogen) atoms. The van der Waals surface area contributed by atoms with Gasteiger partial charge in [-0.3, -0.25) is 9.78 Å². The summed E-state index contributed by atoms with van der Waals surface area (Å²) in [6, 6.07) is 5.39. The van der Waals surface area contributed by atoms with E-state index in [1.165, 1.54) is 12.1 Å². The molecule has 0 bridgehead atoms. The van der Waals surface area contributed by atoms with Crippen LogP contribution in [0.2, 0.25) is 0 Å². The molecule has 2 aromatic rings. The lowest BCUT2D eigenvalue weighted by molar-refractivity contribution is -0.138. The van der Waals surface area contributed by atoms with Crippen LogP contribution < -0.4 is 5.32 Å². The van der Waals surface area contributed by atoms with Gasteiger partial charge in [-0.15, -0.1) is 0 Å². The Labute approximate surface area is 128 Å². The molecule has 1 heterocycles. The van der Waals surface area contributed by atoms with E-state index < -0.39 is 35.0 Å². The van der Waals surface area contributed by atoms with Crippen molar-refractivity contribution in [1.82, 2.24) is 10.3 Å². The Bertz CT molecular complexity index is 715. The predicted molar refractivity (Wildman–Crippen MR) is 71.6 cm³/mol. The van der Waals surface area contributed by atoms with E-state index in [1.54, 1.807) is 0 Å². The molecule has 0 unspecified atom stereocenters. The predicted octanol–water partition coefficient (Wildman–Crippen LogP) is 3.35. The molecular weight excluding hydrogens is 319 g/mol. The third kappa shape index (κ3) is 4.02. The number of rotatable bonds is 4. The Balaban J connectivity index is 2.05. The number of nitrogens with one attached hydrogen (secondary N) is 1. The van der Waals surface area contributed by atoms with E-state index in [0.29, 0.717) is 0 Å². The van der Waals surface area contributed by atoms with Gasteiger partial charge >= 0.3 is 6.18 Å². The van der Waals surface area contributed by atoms with Gasteiger partial charge in [0.05, 0.1) is 5.56 Å². The van der Waals surface area contributed by atoms with Crippen LogP contribution in [-0.2, 0) is 12.6 Å². The van der Waals surface area contributed by atoms with E-state index in [2.05, 4.69) is 10.3 Å². The highest BCUT2D eigenvalue weighted by Gasteiger charge is 2.35. The smallest absolute Gasteiger partial charge is 0.350 e. The summed E-state index contributed by atoms with van der Waals surface area (Å²) in [6.45, 7) is -0.160. The maximum atomic E-state index is 13.4. The number of pyridine rings is 1. The molecule has 2 rings (SSSR count). The number of hydrogen-bond acceptors (Lipinski definition) is 2. The minimum Gasteiger partial charge on any atom is -0.350 e. The van der Waals surface area contributed by atoms with Crippen LogP contribution in [0.15, 0.2) is 36.5 Å². The van der Waals surface area contributed by atoms with Gasteiger partial charge in [0.25, 0.3) is 5.91 Å². The van der Waals surface area contributed by atoms with Crippen molar-refractivity contribution in [2.24, 2.45) is 0 Å². The minimum absolute atomic E-state index is 0.0161. The summed E-state index contributed by atoms with van der Waals surface area (Å²) in [6.07, 6.45) is -3.71. The quantitative estimate of drug-likeness (QED) is 0.874. The van der Waals surface area contributed by atoms with Gasteiger partial charge in [0.2, 0.25) is 0 Å². The molecule has 1 N–H and O–H groups in total. The number of carbonyl (C=O) groups excluding carboxylic acids is 1. The Morgan fingerprint density at radius 3 is 2.57 bits per heavy atom. The van der Waals surface area contributed by atoms with Crippen LogP contribution in [0.4, 0.5) is 22.0 Å². The van der Waals surface area contributed by atoms with Crippen molar-refractivity contribution in [1.29, 1.82) is 0 Å². The van der Waals surface area contributed by atoms with E-state index in [9.17, 15) is 26.7 Å². The van der Waals surface area contributed by atoms with Gasteiger partial charge in [-0.1, -0.05) is 12.1 Å². The van der Waals surface area contributed by atoms with Gasteiger partial charge in [-0.2, -0.15) is 13.2 Å². The van der Waals surface area contributed by atoms with Gasteiger partial charge in [-0.05, 0) is 30.2 Å². The van der Waals surface area contributed by atoms with Crippen molar-refractivity contribution >= 4 is 5.91 Å². The molecule has 122 valence electrons. The number of benzene rings is 1. The molecule has 1 amide bonds. The summed E-state index contributed by atoms with van der Waals surface area (Å²) in [5.41, 5.74) is -1.91. The summed E-state index contributed by atoms with van der Waals surface area (Å²) >= 11 is 0. The molecule has 0 spiro atoms. The maximum absolute atomic E-state index is 13.4.